The molecule has 0 unspecified atom stereocenters. The molecule has 0 bridgehead atoms. The minimum atomic E-state index is -0.931. The smallest absolute Gasteiger partial charge is 0.333 e. The number of rotatable bonds is 10. The monoisotopic (exact) mass is 561 g/mol. The van der Waals surface area contributed by atoms with Gasteiger partial charge in [-0.1, -0.05) is 60.7 Å². The molecule has 6 aromatic rings. The Morgan fingerprint density at radius 1 is 0.833 bits per heavy atom. The molecule has 0 fully saturated rings. The molecule has 10 heteroatoms. The van der Waals surface area contributed by atoms with Crippen molar-refractivity contribution < 1.29 is 19.4 Å². The van der Waals surface area contributed by atoms with Crippen LogP contribution in [0, 0.1) is 0 Å². The van der Waals surface area contributed by atoms with E-state index in [-0.39, 0.29) is 24.6 Å². The number of hydrogen-bond donors (Lipinski definition) is 1. The highest BCUT2D eigenvalue weighted by atomic mass is 16.5. The van der Waals surface area contributed by atoms with Crippen molar-refractivity contribution in [3.63, 3.8) is 0 Å². The number of carboxylic acids is 1. The fourth-order valence-corrected chi connectivity index (χ4v) is 4.70. The normalized spacial score (nSPS) is 11.1. The summed E-state index contributed by atoms with van der Waals surface area (Å²) in [6.07, 6.45) is 3.06. The van der Waals surface area contributed by atoms with Crippen molar-refractivity contribution in [1.82, 2.24) is 23.9 Å². The Hall–Kier alpha value is -5.64. The van der Waals surface area contributed by atoms with Gasteiger partial charge in [-0.15, -0.1) is 0 Å². The fraction of sp³-hybridized carbons (Fsp3) is 0.125. The van der Waals surface area contributed by atoms with Crippen molar-refractivity contribution in [1.29, 1.82) is 0 Å². The molecule has 3 heterocycles. The lowest BCUT2D eigenvalue weighted by atomic mass is 10.2. The average Bonchev–Trinajstić information content (AvgIpc) is 3.57. The van der Waals surface area contributed by atoms with Gasteiger partial charge >= 0.3 is 11.7 Å². The second-order valence-corrected chi connectivity index (χ2v) is 9.74. The van der Waals surface area contributed by atoms with Crippen molar-refractivity contribution in [3.05, 3.63) is 131 Å². The van der Waals surface area contributed by atoms with E-state index < -0.39 is 5.97 Å². The van der Waals surface area contributed by atoms with Crippen LogP contribution in [0.4, 0.5) is 0 Å². The summed E-state index contributed by atoms with van der Waals surface area (Å²) >= 11 is 0. The first-order valence-electron chi connectivity index (χ1n) is 13.3. The Bertz CT molecular complexity index is 1930. The molecular weight excluding hydrogens is 534 g/mol. The number of aliphatic carboxylic acids is 1. The van der Waals surface area contributed by atoms with Crippen LogP contribution in [0.2, 0.25) is 0 Å². The Labute approximate surface area is 240 Å². The molecule has 0 saturated heterocycles. The van der Waals surface area contributed by atoms with Gasteiger partial charge in [0.25, 0.3) is 0 Å². The van der Waals surface area contributed by atoms with Crippen molar-refractivity contribution >= 4 is 17.0 Å². The van der Waals surface area contributed by atoms with E-state index in [4.69, 9.17) is 14.6 Å². The summed E-state index contributed by atoms with van der Waals surface area (Å²) in [5, 5.41) is 13.4. The number of aryl methyl sites for hydroxylation is 1. The Morgan fingerprint density at radius 2 is 1.52 bits per heavy atom. The van der Waals surface area contributed by atoms with Gasteiger partial charge in [0, 0.05) is 24.9 Å². The topological polar surface area (TPSA) is 113 Å². The van der Waals surface area contributed by atoms with Crippen LogP contribution in [-0.2, 0) is 31.5 Å². The molecule has 0 radical (unpaired) electrons. The quantitative estimate of drug-likeness (QED) is 0.258. The molecule has 10 nitrogen and oxygen atoms in total. The van der Waals surface area contributed by atoms with Gasteiger partial charge in [0.15, 0.2) is 0 Å². The zero-order valence-corrected chi connectivity index (χ0v) is 22.8. The Balaban J connectivity index is 1.38. The number of fused-ring (bicyclic) bond motifs is 1. The standard InChI is InChI=1S/C32H27N5O5/c1-35-28-17-25(36-19-24(18-33-36)16-30(38)39)12-13-26(28)37(32(35)40)27-14-15-29(41-20-22-8-4-2-5-9-22)34-31(27)42-21-23-10-6-3-7-11-23/h2-15,17-19H,16,20-21H2,1H3,(H,38,39). The zero-order chi connectivity index (χ0) is 29.1. The van der Waals surface area contributed by atoms with Gasteiger partial charge in [0.05, 0.1) is 29.3 Å². The second-order valence-electron chi connectivity index (χ2n) is 9.74. The summed E-state index contributed by atoms with van der Waals surface area (Å²) in [5.41, 5.74) is 4.73. The summed E-state index contributed by atoms with van der Waals surface area (Å²) in [5.74, 6) is -0.301. The third-order valence-corrected chi connectivity index (χ3v) is 6.80. The van der Waals surface area contributed by atoms with E-state index in [0.29, 0.717) is 40.5 Å². The highest BCUT2D eigenvalue weighted by Gasteiger charge is 2.19. The van der Waals surface area contributed by atoms with Gasteiger partial charge in [-0.25, -0.2) is 9.48 Å². The summed E-state index contributed by atoms with van der Waals surface area (Å²) in [7, 11) is 1.69. The maximum atomic E-state index is 13.6. The molecule has 0 atom stereocenters. The van der Waals surface area contributed by atoms with Crippen LogP contribution < -0.4 is 15.2 Å². The van der Waals surface area contributed by atoms with E-state index in [1.807, 2.05) is 78.9 Å². The largest absolute Gasteiger partial charge is 0.481 e. The highest BCUT2D eigenvalue weighted by Crippen LogP contribution is 2.28. The number of hydrogen-bond acceptors (Lipinski definition) is 6. The molecule has 1 N–H and O–H groups in total. The lowest BCUT2D eigenvalue weighted by Gasteiger charge is -2.14. The molecule has 3 aromatic carbocycles. The molecular formula is C32H27N5O5. The number of carboxylic acid groups (broad SMARTS) is 1. The maximum absolute atomic E-state index is 13.6. The molecule has 0 aliphatic heterocycles. The van der Waals surface area contributed by atoms with Gasteiger partial charge in [0.2, 0.25) is 11.8 Å². The predicted molar refractivity (Wildman–Crippen MR) is 156 cm³/mol. The van der Waals surface area contributed by atoms with Crippen LogP contribution in [0.3, 0.4) is 0 Å². The van der Waals surface area contributed by atoms with Crippen molar-refractivity contribution in [2.45, 2.75) is 19.6 Å². The average molecular weight is 562 g/mol. The van der Waals surface area contributed by atoms with Gasteiger partial charge in [-0.3, -0.25) is 13.9 Å². The zero-order valence-electron chi connectivity index (χ0n) is 22.8. The number of pyridine rings is 1. The number of imidazole rings is 1. The van der Waals surface area contributed by atoms with Gasteiger partial charge in [0.1, 0.15) is 18.9 Å². The maximum Gasteiger partial charge on any atom is 0.333 e. The van der Waals surface area contributed by atoms with E-state index in [9.17, 15) is 9.59 Å². The predicted octanol–water partition coefficient (Wildman–Crippen LogP) is 4.70. The molecule has 0 saturated carbocycles. The Kier molecular flexibility index (Phi) is 7.25. The number of aromatic nitrogens is 5. The summed E-state index contributed by atoms with van der Waals surface area (Å²) in [6, 6.07) is 28.5. The Morgan fingerprint density at radius 3 is 2.21 bits per heavy atom. The van der Waals surface area contributed by atoms with E-state index in [2.05, 4.69) is 10.1 Å². The van der Waals surface area contributed by atoms with Gasteiger partial charge in [-0.05, 0) is 35.4 Å². The number of nitrogens with zero attached hydrogens (tertiary/aromatic N) is 5. The molecule has 42 heavy (non-hydrogen) atoms. The first kappa shape index (κ1) is 26.6. The van der Waals surface area contributed by atoms with E-state index >= 15 is 0 Å². The number of carbonyl (C=O) groups is 1. The van der Waals surface area contributed by atoms with E-state index in [0.717, 1.165) is 11.1 Å². The fourth-order valence-electron chi connectivity index (χ4n) is 4.70. The highest BCUT2D eigenvalue weighted by molar-refractivity contribution is 5.81. The summed E-state index contributed by atoms with van der Waals surface area (Å²) in [4.78, 5) is 29.3. The van der Waals surface area contributed by atoms with Crippen LogP contribution >= 0.6 is 0 Å². The second kappa shape index (κ2) is 11.5. The molecule has 0 spiro atoms. The third kappa shape index (κ3) is 5.50. The van der Waals surface area contributed by atoms with Crippen LogP contribution in [0.1, 0.15) is 16.7 Å². The number of benzene rings is 3. The molecule has 0 aliphatic rings. The lowest BCUT2D eigenvalue weighted by molar-refractivity contribution is -0.136. The van der Waals surface area contributed by atoms with Gasteiger partial charge < -0.3 is 14.6 Å². The molecule has 0 amide bonds. The van der Waals surface area contributed by atoms with Crippen LogP contribution in [0.25, 0.3) is 22.4 Å². The minimum Gasteiger partial charge on any atom is -0.481 e. The van der Waals surface area contributed by atoms with Gasteiger partial charge in [-0.2, -0.15) is 10.1 Å². The van der Waals surface area contributed by atoms with Crippen LogP contribution in [-0.4, -0.2) is 35.0 Å². The van der Waals surface area contributed by atoms with E-state index in [1.54, 1.807) is 39.2 Å². The van der Waals surface area contributed by atoms with Crippen LogP contribution in [0.15, 0.2) is 108 Å². The molecule has 6 rings (SSSR count). The third-order valence-electron chi connectivity index (χ3n) is 6.80. The summed E-state index contributed by atoms with van der Waals surface area (Å²) in [6.45, 7) is 0.592. The van der Waals surface area contributed by atoms with Crippen LogP contribution in [0.5, 0.6) is 11.8 Å². The minimum absolute atomic E-state index is 0.124. The first-order chi connectivity index (χ1) is 20.5. The SMILES string of the molecule is Cn1c(=O)n(-c2ccc(OCc3ccccc3)nc2OCc2ccccc2)c2ccc(-n3cc(CC(=O)O)cn3)cc21. The molecule has 210 valence electrons. The van der Waals surface area contributed by atoms with E-state index in [1.165, 1.54) is 6.20 Å². The summed E-state index contributed by atoms with van der Waals surface area (Å²) < 4.78 is 16.8. The van der Waals surface area contributed by atoms with Crippen molar-refractivity contribution in [3.8, 4) is 23.1 Å². The molecule has 0 aliphatic carbocycles. The molecule has 3 aromatic heterocycles. The van der Waals surface area contributed by atoms with Crippen molar-refractivity contribution in [2.75, 3.05) is 0 Å². The number of ether oxygens (including phenoxy) is 2. The van der Waals surface area contributed by atoms with Crippen molar-refractivity contribution in [2.24, 2.45) is 7.05 Å². The first-order valence-corrected chi connectivity index (χ1v) is 13.3. The lowest BCUT2D eigenvalue weighted by Crippen LogP contribution is -2.21.